The molecule has 0 spiro atoms. The van der Waals surface area contributed by atoms with E-state index in [1.54, 1.807) is 12.1 Å². The number of carbonyl (C=O) groups is 1. The summed E-state index contributed by atoms with van der Waals surface area (Å²) in [5, 5.41) is 16.8. The van der Waals surface area contributed by atoms with Crippen molar-refractivity contribution in [3.05, 3.63) is 88.0 Å². The molecule has 0 radical (unpaired) electrons. The van der Waals surface area contributed by atoms with E-state index in [0.29, 0.717) is 17.0 Å². The minimum atomic E-state index is -0.462. The summed E-state index contributed by atoms with van der Waals surface area (Å²) < 4.78 is 0. The Morgan fingerprint density at radius 3 is 2.61 bits per heavy atom. The molecule has 5 rings (SSSR count). The molecule has 1 aliphatic rings. The summed E-state index contributed by atoms with van der Waals surface area (Å²) in [5.41, 5.74) is 5.59. The number of rotatable bonds is 4. The Morgan fingerprint density at radius 2 is 1.84 bits per heavy atom. The molecule has 0 bridgehead atoms. The van der Waals surface area contributed by atoms with E-state index in [0.717, 1.165) is 28.0 Å². The molecule has 1 N–H and O–H groups in total. The van der Waals surface area contributed by atoms with Gasteiger partial charge in [-0.1, -0.05) is 18.2 Å². The van der Waals surface area contributed by atoms with E-state index >= 15 is 0 Å². The van der Waals surface area contributed by atoms with Crippen LogP contribution < -0.4 is 5.01 Å². The maximum atomic E-state index is 12.5. The third-order valence-electron chi connectivity index (χ3n) is 5.19. The molecule has 31 heavy (non-hydrogen) atoms. The van der Waals surface area contributed by atoms with Crippen LogP contribution in [0.1, 0.15) is 17.5 Å². The highest BCUT2D eigenvalue weighted by Gasteiger charge is 2.27. The molecule has 1 aliphatic heterocycles. The van der Waals surface area contributed by atoms with Gasteiger partial charge in [0, 0.05) is 23.3 Å². The summed E-state index contributed by atoms with van der Waals surface area (Å²) in [6.45, 7) is 2.03. The number of hydrogen-bond acceptors (Lipinski definition) is 5. The summed E-state index contributed by atoms with van der Waals surface area (Å²) in [5.74, 6) is 0.564. The average Bonchev–Trinajstić information content (AvgIpc) is 3.37. The Bertz CT molecular complexity index is 1370. The second-order valence-electron chi connectivity index (χ2n) is 7.39. The second-order valence-corrected chi connectivity index (χ2v) is 7.39. The van der Waals surface area contributed by atoms with Crippen LogP contribution in [0.15, 0.2) is 71.8 Å². The van der Waals surface area contributed by atoms with Crippen LogP contribution in [-0.4, -0.2) is 26.5 Å². The molecule has 2 heterocycles. The Balaban J connectivity index is 1.43. The lowest BCUT2D eigenvalue weighted by Crippen LogP contribution is -2.19. The number of carbonyl (C=O) groups excluding carboxylic acids is 1. The summed E-state index contributed by atoms with van der Waals surface area (Å²) in [6.07, 6.45) is 0.0891. The molecule has 1 amide bonds. The number of fused-ring (bicyclic) bond motifs is 1. The predicted octanol–water partition coefficient (Wildman–Crippen LogP) is 4.59. The largest absolute Gasteiger partial charge is 0.338 e. The topological polar surface area (TPSA) is 104 Å². The number of aromatic amines is 1. The molecule has 0 saturated carbocycles. The molecular weight excluding hydrogens is 394 g/mol. The van der Waals surface area contributed by atoms with Crippen molar-refractivity contribution in [2.45, 2.75) is 13.3 Å². The number of aryl methyl sites for hydroxylation is 1. The van der Waals surface area contributed by atoms with Crippen molar-refractivity contribution in [1.82, 2.24) is 9.97 Å². The van der Waals surface area contributed by atoms with Crippen molar-refractivity contribution in [1.29, 1.82) is 0 Å². The number of anilines is 1. The van der Waals surface area contributed by atoms with Crippen LogP contribution in [0.2, 0.25) is 0 Å². The zero-order valence-electron chi connectivity index (χ0n) is 16.6. The minimum absolute atomic E-state index is 0.0310. The van der Waals surface area contributed by atoms with Gasteiger partial charge in [0.1, 0.15) is 5.82 Å². The van der Waals surface area contributed by atoms with Gasteiger partial charge in [-0.25, -0.2) is 9.99 Å². The van der Waals surface area contributed by atoms with Crippen LogP contribution in [0.4, 0.5) is 11.4 Å². The molecule has 0 aliphatic carbocycles. The third kappa shape index (κ3) is 3.44. The fourth-order valence-corrected chi connectivity index (χ4v) is 3.61. The van der Waals surface area contributed by atoms with Crippen LogP contribution >= 0.6 is 0 Å². The van der Waals surface area contributed by atoms with Crippen molar-refractivity contribution in [3.63, 3.8) is 0 Å². The molecule has 0 saturated heterocycles. The van der Waals surface area contributed by atoms with Crippen LogP contribution in [0.25, 0.3) is 22.4 Å². The van der Waals surface area contributed by atoms with Crippen molar-refractivity contribution in [2.24, 2.45) is 5.10 Å². The number of nitro groups is 1. The minimum Gasteiger partial charge on any atom is -0.338 e. The first-order chi connectivity index (χ1) is 15.0. The van der Waals surface area contributed by atoms with E-state index in [2.05, 4.69) is 15.1 Å². The fraction of sp³-hybridized carbons (Fsp3) is 0.0870. The lowest BCUT2D eigenvalue weighted by atomic mass is 10.1. The second kappa shape index (κ2) is 7.17. The standard InChI is InChI=1S/C23H17N5O3/c1-14-5-10-19-21(11-14)25-23(24-19)15-6-8-17(9-7-15)27-22(29)13-20(26-27)16-3-2-4-18(12-16)28(30)31/h2-12H,13H2,1H3,(H,24,25). The lowest BCUT2D eigenvalue weighted by Gasteiger charge is -2.11. The Kier molecular flexibility index (Phi) is 4.32. The van der Waals surface area contributed by atoms with Gasteiger partial charge in [0.25, 0.3) is 11.6 Å². The number of nitrogens with zero attached hydrogens (tertiary/aromatic N) is 4. The summed E-state index contributed by atoms with van der Waals surface area (Å²) in [6, 6.07) is 19.6. The van der Waals surface area contributed by atoms with E-state index in [1.807, 2.05) is 49.4 Å². The number of amides is 1. The summed E-state index contributed by atoms with van der Waals surface area (Å²) >= 11 is 0. The van der Waals surface area contributed by atoms with Gasteiger partial charge in [0.15, 0.2) is 0 Å². The van der Waals surface area contributed by atoms with Gasteiger partial charge < -0.3 is 4.98 Å². The number of H-pyrrole nitrogens is 1. The molecule has 3 aromatic carbocycles. The number of hydrogen-bond donors (Lipinski definition) is 1. The van der Waals surface area contributed by atoms with Crippen LogP contribution in [0, 0.1) is 17.0 Å². The molecule has 0 fully saturated rings. The maximum absolute atomic E-state index is 12.5. The fourth-order valence-electron chi connectivity index (χ4n) is 3.61. The van der Waals surface area contributed by atoms with E-state index < -0.39 is 4.92 Å². The number of nitro benzene ring substituents is 1. The quantitative estimate of drug-likeness (QED) is 0.392. The van der Waals surface area contributed by atoms with E-state index in [1.165, 1.54) is 17.1 Å². The molecule has 152 valence electrons. The Hall–Kier alpha value is -4.33. The summed E-state index contributed by atoms with van der Waals surface area (Å²) in [7, 11) is 0. The molecule has 8 heteroatoms. The number of non-ortho nitro benzene ring substituents is 1. The highest BCUT2D eigenvalue weighted by molar-refractivity contribution is 6.19. The molecule has 8 nitrogen and oxygen atoms in total. The van der Waals surface area contributed by atoms with Crippen LogP contribution in [-0.2, 0) is 4.79 Å². The molecule has 4 aromatic rings. The Morgan fingerprint density at radius 1 is 1.03 bits per heavy atom. The zero-order chi connectivity index (χ0) is 21.5. The van der Waals surface area contributed by atoms with Crippen molar-refractivity contribution in [3.8, 4) is 11.4 Å². The predicted molar refractivity (Wildman–Crippen MR) is 118 cm³/mol. The number of imidazole rings is 1. The van der Waals surface area contributed by atoms with Gasteiger partial charge in [0.05, 0.1) is 33.8 Å². The average molecular weight is 411 g/mol. The number of aromatic nitrogens is 2. The summed E-state index contributed by atoms with van der Waals surface area (Å²) in [4.78, 5) is 31.0. The van der Waals surface area contributed by atoms with Crippen molar-refractivity contribution >= 4 is 34.0 Å². The molecule has 1 aromatic heterocycles. The van der Waals surface area contributed by atoms with Crippen LogP contribution in [0.3, 0.4) is 0 Å². The first-order valence-corrected chi connectivity index (χ1v) is 9.70. The zero-order valence-corrected chi connectivity index (χ0v) is 16.6. The van der Waals surface area contributed by atoms with E-state index in [-0.39, 0.29) is 18.0 Å². The molecule has 0 unspecified atom stereocenters. The monoisotopic (exact) mass is 411 g/mol. The van der Waals surface area contributed by atoms with Gasteiger partial charge in [-0.15, -0.1) is 0 Å². The van der Waals surface area contributed by atoms with Crippen molar-refractivity contribution < 1.29 is 9.72 Å². The van der Waals surface area contributed by atoms with Crippen LogP contribution in [0.5, 0.6) is 0 Å². The molecular formula is C23H17N5O3. The van der Waals surface area contributed by atoms with Gasteiger partial charge in [-0.3, -0.25) is 14.9 Å². The van der Waals surface area contributed by atoms with E-state index in [4.69, 9.17) is 0 Å². The van der Waals surface area contributed by atoms with Gasteiger partial charge >= 0.3 is 0 Å². The lowest BCUT2D eigenvalue weighted by molar-refractivity contribution is -0.384. The number of hydrazone groups is 1. The van der Waals surface area contributed by atoms with Crippen molar-refractivity contribution in [2.75, 3.05) is 5.01 Å². The van der Waals surface area contributed by atoms with Gasteiger partial charge in [-0.2, -0.15) is 5.10 Å². The highest BCUT2D eigenvalue weighted by atomic mass is 16.6. The van der Waals surface area contributed by atoms with Gasteiger partial charge in [-0.05, 0) is 48.9 Å². The number of nitrogens with one attached hydrogen (secondary N) is 1. The van der Waals surface area contributed by atoms with E-state index in [9.17, 15) is 14.9 Å². The highest BCUT2D eigenvalue weighted by Crippen LogP contribution is 2.27. The Labute approximate surface area is 177 Å². The smallest absolute Gasteiger partial charge is 0.270 e. The molecule has 0 atom stereocenters. The normalized spacial score (nSPS) is 13.6. The number of benzene rings is 3. The third-order valence-corrected chi connectivity index (χ3v) is 5.19. The SMILES string of the molecule is Cc1ccc2nc(-c3ccc(N4N=C(c5cccc([N+](=O)[O-])c5)CC4=O)cc3)[nH]c2c1. The first kappa shape index (κ1) is 18.7. The van der Waals surface area contributed by atoms with Gasteiger partial charge in [0.2, 0.25) is 0 Å². The first-order valence-electron chi connectivity index (χ1n) is 9.70. The maximum Gasteiger partial charge on any atom is 0.270 e.